The predicted molar refractivity (Wildman–Crippen MR) is 31.9 cm³/mol. The highest BCUT2D eigenvalue weighted by Gasteiger charge is 1.55. The number of carbonyl (C=O) groups is 1. The minimum Gasteiger partial charge on any atom is -0.299 e. The molecule has 0 spiro atoms. The van der Waals surface area contributed by atoms with Gasteiger partial charge in [0.2, 0.25) is 0 Å². The molecule has 0 fully saturated rings. The molecule has 0 unspecified atom stereocenters. The van der Waals surface area contributed by atoms with E-state index < -0.39 is 0 Å². The van der Waals surface area contributed by atoms with Crippen molar-refractivity contribution in [3.63, 3.8) is 0 Å². The smallest absolute Gasteiger partial charge is 0.143 e. The summed E-state index contributed by atoms with van der Waals surface area (Å²) >= 11 is 2.85. The van der Waals surface area contributed by atoms with Crippen LogP contribution in [0.15, 0.2) is 12.2 Å². The predicted octanol–water partition coefficient (Wildman–Crippen LogP) is 1.10. The first-order chi connectivity index (χ1) is 3.41. The molecule has 0 saturated heterocycles. The maximum absolute atomic E-state index is 9.51. The second kappa shape index (κ2) is 5.45. The van der Waals surface area contributed by atoms with Gasteiger partial charge in [-0.3, -0.25) is 4.79 Å². The third-order valence-electron chi connectivity index (χ3n) is 0.313. The highest BCUT2D eigenvalue weighted by Crippen LogP contribution is 1.69. The van der Waals surface area contributed by atoms with Gasteiger partial charge in [-0.05, 0) is 17.0 Å². The molecule has 0 atom stereocenters. The Morgan fingerprint density at radius 1 is 1.57 bits per heavy atom. The molecule has 0 bridgehead atoms. The van der Waals surface area contributed by atoms with Crippen molar-refractivity contribution in [1.82, 2.24) is 0 Å². The summed E-state index contributed by atoms with van der Waals surface area (Å²) in [6, 6.07) is 0. The Morgan fingerprint density at radius 3 is 2.71 bits per heavy atom. The lowest BCUT2D eigenvalue weighted by Gasteiger charge is -1.55. The molecule has 1 nitrogen and oxygen atoms in total. The number of hydrogen-bond donors (Lipinski definition) is 0. The second-order valence-electron chi connectivity index (χ2n) is 0.734. The molecule has 0 aromatic heterocycles. The van der Waals surface area contributed by atoms with Gasteiger partial charge in [0.1, 0.15) is 6.29 Å². The maximum Gasteiger partial charge on any atom is 0.143 e. The number of allylic oxidation sites excluding steroid dienone is 2. The Kier molecular flexibility index (Phi) is 5.02. The van der Waals surface area contributed by atoms with E-state index in [-0.39, 0.29) is 0 Å². The van der Waals surface area contributed by atoms with E-state index >= 15 is 0 Å². The van der Waals surface area contributed by atoms with Crippen molar-refractivity contribution in [2.45, 2.75) is 0 Å². The van der Waals surface area contributed by atoms with E-state index in [1.165, 1.54) is 12.2 Å². The molecule has 0 rings (SSSR count). The van der Waals surface area contributed by atoms with Gasteiger partial charge in [0.25, 0.3) is 0 Å². The van der Waals surface area contributed by atoms with Crippen molar-refractivity contribution in [3.8, 4) is 10.8 Å². The van der Waals surface area contributed by atoms with Crippen LogP contribution in [0.5, 0.6) is 0 Å². The topological polar surface area (TPSA) is 17.1 Å². The number of carbonyl (C=O) groups excluding carboxylic acids is 1. The van der Waals surface area contributed by atoms with Crippen LogP contribution in [-0.4, -0.2) is 6.29 Å². The summed E-state index contributed by atoms with van der Waals surface area (Å²) in [6.07, 6.45) is 3.47. The van der Waals surface area contributed by atoms with Crippen molar-refractivity contribution in [2.24, 2.45) is 0 Å². The molecular formula is C5H3BrO. The quantitative estimate of drug-likeness (QED) is 0.318. The summed E-state index contributed by atoms with van der Waals surface area (Å²) in [5.41, 5.74) is 0. The van der Waals surface area contributed by atoms with Gasteiger partial charge < -0.3 is 0 Å². The Labute approximate surface area is 50.5 Å². The number of aldehydes is 1. The maximum atomic E-state index is 9.51. The third kappa shape index (κ3) is 5.45. The first-order valence-electron chi connectivity index (χ1n) is 1.63. The van der Waals surface area contributed by atoms with Crippen LogP contribution in [-0.2, 0) is 4.79 Å². The first-order valence-corrected chi connectivity index (χ1v) is 2.42. The van der Waals surface area contributed by atoms with Crippen LogP contribution in [0.4, 0.5) is 0 Å². The van der Waals surface area contributed by atoms with E-state index in [0.29, 0.717) is 6.29 Å². The average Bonchev–Trinajstić information content (AvgIpc) is 1.69. The monoisotopic (exact) mass is 158 g/mol. The molecule has 2 heteroatoms. The lowest BCUT2D eigenvalue weighted by molar-refractivity contribution is -0.104. The van der Waals surface area contributed by atoms with Gasteiger partial charge in [0.15, 0.2) is 0 Å². The zero-order valence-electron chi connectivity index (χ0n) is 3.52. The minimum atomic E-state index is 0.678. The van der Waals surface area contributed by atoms with Crippen LogP contribution < -0.4 is 0 Å². The van der Waals surface area contributed by atoms with E-state index in [4.69, 9.17) is 0 Å². The average molecular weight is 159 g/mol. The van der Waals surface area contributed by atoms with Crippen LogP contribution in [0.2, 0.25) is 0 Å². The summed E-state index contributed by atoms with van der Waals surface area (Å²) in [7, 11) is 0. The lowest BCUT2D eigenvalue weighted by Crippen LogP contribution is -1.53. The Balaban J connectivity index is 3.40. The van der Waals surface area contributed by atoms with Crippen LogP contribution >= 0.6 is 15.9 Å². The van der Waals surface area contributed by atoms with Gasteiger partial charge in [0, 0.05) is 15.9 Å². The van der Waals surface area contributed by atoms with Crippen LogP contribution in [0.3, 0.4) is 0 Å². The largest absolute Gasteiger partial charge is 0.299 e. The van der Waals surface area contributed by atoms with Gasteiger partial charge in [0.05, 0.1) is 0 Å². The molecule has 7 heavy (non-hydrogen) atoms. The molecule has 0 heterocycles. The summed E-state index contributed by atoms with van der Waals surface area (Å²) in [4.78, 5) is 11.9. The molecular weight excluding hydrogens is 156 g/mol. The fraction of sp³-hybridized carbons (Fsp3) is 0. The standard InChI is InChI=1S/C5H3BrO/c6-4-2-1-3-5-7/h1,3,5H/b3-1+. The normalized spacial score (nSPS) is 7.57. The van der Waals surface area contributed by atoms with Gasteiger partial charge >= 0.3 is 0 Å². The molecule has 0 radical (unpaired) electrons. The molecule has 0 aliphatic rings. The second-order valence-corrected chi connectivity index (χ2v) is 1.13. The molecule has 36 valence electrons. The molecule has 0 aromatic rings. The van der Waals surface area contributed by atoms with Crippen LogP contribution in [0.25, 0.3) is 0 Å². The fourth-order valence-electron chi connectivity index (χ4n) is 0.119. The summed E-state index contributed by atoms with van der Waals surface area (Å²) in [5.74, 6) is 2.50. The van der Waals surface area contributed by atoms with Crippen molar-refractivity contribution >= 4 is 22.2 Å². The summed E-state index contributed by atoms with van der Waals surface area (Å²) in [5, 5.41) is 0. The van der Waals surface area contributed by atoms with Gasteiger partial charge in [-0.25, -0.2) is 0 Å². The van der Waals surface area contributed by atoms with E-state index in [2.05, 4.69) is 26.7 Å². The van der Waals surface area contributed by atoms with Gasteiger partial charge in [-0.15, -0.1) is 0 Å². The summed E-state index contributed by atoms with van der Waals surface area (Å²) < 4.78 is 0. The number of halogens is 1. The highest BCUT2D eigenvalue weighted by molar-refractivity contribution is 9.12. The van der Waals surface area contributed by atoms with E-state index in [1.54, 1.807) is 0 Å². The van der Waals surface area contributed by atoms with Crippen molar-refractivity contribution in [3.05, 3.63) is 12.2 Å². The third-order valence-corrected chi connectivity index (χ3v) is 0.542. The molecule has 0 aliphatic heterocycles. The minimum absolute atomic E-state index is 0.678. The van der Waals surface area contributed by atoms with Crippen molar-refractivity contribution in [1.29, 1.82) is 0 Å². The zero-order valence-corrected chi connectivity index (χ0v) is 5.10. The molecule has 0 amide bonds. The number of hydrogen-bond acceptors (Lipinski definition) is 1. The van der Waals surface area contributed by atoms with Crippen LogP contribution in [0, 0.1) is 10.8 Å². The van der Waals surface area contributed by atoms with Crippen molar-refractivity contribution in [2.75, 3.05) is 0 Å². The molecule has 0 aliphatic carbocycles. The Bertz CT molecular complexity index is 127. The molecule has 0 aromatic carbocycles. The van der Waals surface area contributed by atoms with E-state index in [1.807, 2.05) is 0 Å². The van der Waals surface area contributed by atoms with Crippen LogP contribution in [0.1, 0.15) is 0 Å². The molecule has 0 N–H and O–H groups in total. The highest BCUT2D eigenvalue weighted by atomic mass is 79.9. The molecule has 0 saturated carbocycles. The first kappa shape index (κ1) is 6.45. The Hall–Kier alpha value is -0.550. The van der Waals surface area contributed by atoms with E-state index in [0.717, 1.165) is 0 Å². The zero-order chi connectivity index (χ0) is 5.54. The summed E-state index contributed by atoms with van der Waals surface area (Å²) in [6.45, 7) is 0. The lowest BCUT2D eigenvalue weighted by atomic mass is 10.5. The fourth-order valence-corrected chi connectivity index (χ4v) is 0.251. The number of rotatable bonds is 1. The van der Waals surface area contributed by atoms with Crippen molar-refractivity contribution < 1.29 is 4.79 Å². The van der Waals surface area contributed by atoms with E-state index in [9.17, 15) is 4.79 Å². The Morgan fingerprint density at radius 2 is 2.29 bits per heavy atom. The SMILES string of the molecule is O=C/C=C/C#CBr. The van der Waals surface area contributed by atoms with Gasteiger partial charge in [-0.1, -0.05) is 5.92 Å². The van der Waals surface area contributed by atoms with Gasteiger partial charge in [-0.2, -0.15) is 0 Å².